The molecule has 0 bridgehead atoms. The first-order valence-corrected chi connectivity index (χ1v) is 6.44. The van der Waals surface area contributed by atoms with E-state index >= 15 is 0 Å². The van der Waals surface area contributed by atoms with Crippen molar-refractivity contribution >= 4 is 23.1 Å². The number of nitrogens with zero attached hydrogens (tertiary/aromatic N) is 2. The second kappa shape index (κ2) is 6.21. The van der Waals surface area contributed by atoms with Gasteiger partial charge in [-0.25, -0.2) is 9.37 Å². The predicted molar refractivity (Wildman–Crippen MR) is 82.5 cm³/mol. The number of benzene rings is 1. The van der Waals surface area contributed by atoms with Gasteiger partial charge < -0.3 is 15.5 Å². The van der Waals surface area contributed by atoms with E-state index in [-0.39, 0.29) is 11.4 Å². The summed E-state index contributed by atoms with van der Waals surface area (Å²) < 4.78 is 14.0. The minimum absolute atomic E-state index is 0.0469. The number of halogens is 1. The van der Waals surface area contributed by atoms with Crippen LogP contribution in [0.1, 0.15) is 10.4 Å². The van der Waals surface area contributed by atoms with Crippen LogP contribution in [0.4, 0.5) is 21.6 Å². The molecular formula is C15H17FN4O. The number of hydrogen-bond donors (Lipinski definition) is 2. The second-order valence-corrected chi connectivity index (χ2v) is 4.67. The summed E-state index contributed by atoms with van der Waals surface area (Å²) in [5, 5.41) is 5.27. The van der Waals surface area contributed by atoms with Crippen LogP contribution in [-0.2, 0) is 0 Å². The topological polar surface area (TPSA) is 57.3 Å². The maximum Gasteiger partial charge on any atom is 0.258 e. The van der Waals surface area contributed by atoms with Gasteiger partial charge in [0.1, 0.15) is 0 Å². The van der Waals surface area contributed by atoms with Crippen molar-refractivity contribution in [1.29, 1.82) is 0 Å². The first-order valence-electron chi connectivity index (χ1n) is 6.44. The van der Waals surface area contributed by atoms with Gasteiger partial charge in [-0.3, -0.25) is 4.79 Å². The van der Waals surface area contributed by atoms with Crippen LogP contribution in [0.3, 0.4) is 0 Å². The molecule has 2 rings (SSSR count). The SMILES string of the molecule is CNc1nccc(C(=O)Nc2ccc(N(C)C)cc2)c1F. The van der Waals surface area contributed by atoms with E-state index in [1.807, 2.05) is 31.1 Å². The van der Waals surface area contributed by atoms with Crippen LogP contribution in [-0.4, -0.2) is 32.0 Å². The molecule has 1 aromatic heterocycles. The fourth-order valence-corrected chi connectivity index (χ4v) is 1.83. The van der Waals surface area contributed by atoms with E-state index in [0.717, 1.165) is 5.69 Å². The van der Waals surface area contributed by atoms with Crippen molar-refractivity contribution in [2.45, 2.75) is 0 Å². The molecule has 0 atom stereocenters. The minimum atomic E-state index is -0.664. The highest BCUT2D eigenvalue weighted by atomic mass is 19.1. The molecule has 0 radical (unpaired) electrons. The van der Waals surface area contributed by atoms with Gasteiger partial charge in [0.05, 0.1) is 5.56 Å². The van der Waals surface area contributed by atoms with Gasteiger partial charge in [0, 0.05) is 38.7 Å². The normalized spacial score (nSPS) is 10.1. The zero-order valence-corrected chi connectivity index (χ0v) is 12.1. The van der Waals surface area contributed by atoms with Gasteiger partial charge in [0.2, 0.25) is 0 Å². The Bertz CT molecular complexity index is 641. The maximum absolute atomic E-state index is 14.0. The average molecular weight is 288 g/mol. The number of hydrogen-bond acceptors (Lipinski definition) is 4. The smallest absolute Gasteiger partial charge is 0.258 e. The van der Waals surface area contributed by atoms with Crippen LogP contribution in [0.5, 0.6) is 0 Å². The number of nitrogens with one attached hydrogen (secondary N) is 2. The molecule has 0 saturated carbocycles. The van der Waals surface area contributed by atoms with Crippen LogP contribution in [0.15, 0.2) is 36.5 Å². The summed E-state index contributed by atoms with van der Waals surface area (Å²) in [6, 6.07) is 8.63. The molecule has 0 fully saturated rings. The quantitative estimate of drug-likeness (QED) is 0.908. The first-order chi connectivity index (χ1) is 10.0. The van der Waals surface area contributed by atoms with Gasteiger partial charge in [-0.05, 0) is 30.3 Å². The molecule has 0 aliphatic carbocycles. The molecule has 110 valence electrons. The third-order valence-corrected chi connectivity index (χ3v) is 3.01. The van der Waals surface area contributed by atoms with Crippen molar-refractivity contribution in [3.8, 4) is 0 Å². The van der Waals surface area contributed by atoms with Gasteiger partial charge in [-0.15, -0.1) is 0 Å². The zero-order valence-electron chi connectivity index (χ0n) is 12.1. The third kappa shape index (κ3) is 3.28. The van der Waals surface area contributed by atoms with E-state index in [1.54, 1.807) is 19.2 Å². The number of amides is 1. The Balaban J connectivity index is 2.18. The standard InChI is InChI=1S/C15H17FN4O/c1-17-14-13(16)12(8-9-18-14)15(21)19-10-4-6-11(7-5-10)20(2)3/h4-9H,1-3H3,(H,17,18)(H,19,21). The molecule has 2 aromatic rings. The lowest BCUT2D eigenvalue weighted by atomic mass is 10.2. The van der Waals surface area contributed by atoms with Crippen molar-refractivity contribution in [1.82, 2.24) is 4.98 Å². The lowest BCUT2D eigenvalue weighted by Gasteiger charge is -2.13. The number of anilines is 3. The lowest BCUT2D eigenvalue weighted by Crippen LogP contribution is -2.15. The maximum atomic E-state index is 14.0. The van der Waals surface area contributed by atoms with Crippen LogP contribution in [0.2, 0.25) is 0 Å². The van der Waals surface area contributed by atoms with Crippen molar-refractivity contribution < 1.29 is 9.18 Å². The molecule has 6 heteroatoms. The van der Waals surface area contributed by atoms with E-state index < -0.39 is 11.7 Å². The highest BCUT2D eigenvalue weighted by molar-refractivity contribution is 6.04. The largest absolute Gasteiger partial charge is 0.378 e. The summed E-state index contributed by atoms with van der Waals surface area (Å²) >= 11 is 0. The Labute approximate surface area is 122 Å². The monoisotopic (exact) mass is 288 g/mol. The summed E-state index contributed by atoms with van der Waals surface area (Å²) in [5.74, 6) is -1.13. The van der Waals surface area contributed by atoms with E-state index in [2.05, 4.69) is 15.6 Å². The molecule has 0 spiro atoms. The van der Waals surface area contributed by atoms with Gasteiger partial charge in [0.25, 0.3) is 5.91 Å². The molecule has 2 N–H and O–H groups in total. The highest BCUT2D eigenvalue weighted by Crippen LogP contribution is 2.19. The average Bonchev–Trinajstić information content (AvgIpc) is 2.48. The zero-order chi connectivity index (χ0) is 15.4. The third-order valence-electron chi connectivity index (χ3n) is 3.01. The van der Waals surface area contributed by atoms with Gasteiger partial charge in [-0.1, -0.05) is 0 Å². The van der Waals surface area contributed by atoms with E-state index in [4.69, 9.17) is 0 Å². The highest BCUT2D eigenvalue weighted by Gasteiger charge is 2.15. The number of rotatable bonds is 4. The number of aromatic nitrogens is 1. The number of pyridine rings is 1. The summed E-state index contributed by atoms with van der Waals surface area (Å²) in [5.41, 5.74) is 1.57. The molecule has 0 saturated heterocycles. The molecule has 0 aliphatic heterocycles. The van der Waals surface area contributed by atoms with Crippen molar-refractivity contribution in [3.05, 3.63) is 47.9 Å². The van der Waals surface area contributed by atoms with Crippen molar-refractivity contribution in [2.75, 3.05) is 36.7 Å². The van der Waals surface area contributed by atoms with Gasteiger partial charge >= 0.3 is 0 Å². The Kier molecular flexibility index (Phi) is 4.37. The lowest BCUT2D eigenvalue weighted by molar-refractivity contribution is 0.102. The number of carbonyl (C=O) groups excluding carboxylic acids is 1. The fourth-order valence-electron chi connectivity index (χ4n) is 1.83. The summed E-state index contributed by atoms with van der Waals surface area (Å²) in [7, 11) is 5.41. The molecule has 1 amide bonds. The van der Waals surface area contributed by atoms with Gasteiger partial charge in [-0.2, -0.15) is 0 Å². The molecule has 5 nitrogen and oxygen atoms in total. The van der Waals surface area contributed by atoms with Crippen LogP contribution in [0.25, 0.3) is 0 Å². The second-order valence-electron chi connectivity index (χ2n) is 4.67. The van der Waals surface area contributed by atoms with E-state index in [9.17, 15) is 9.18 Å². The fraction of sp³-hybridized carbons (Fsp3) is 0.200. The Morgan fingerprint density at radius 2 is 1.86 bits per heavy atom. The van der Waals surface area contributed by atoms with Crippen molar-refractivity contribution in [3.63, 3.8) is 0 Å². The molecule has 21 heavy (non-hydrogen) atoms. The number of carbonyl (C=O) groups is 1. The molecule has 0 aliphatic rings. The molecule has 1 aromatic carbocycles. The van der Waals surface area contributed by atoms with Gasteiger partial charge in [0.15, 0.2) is 11.6 Å². The van der Waals surface area contributed by atoms with Crippen molar-refractivity contribution in [2.24, 2.45) is 0 Å². The Morgan fingerprint density at radius 1 is 1.19 bits per heavy atom. The van der Waals surface area contributed by atoms with E-state index in [1.165, 1.54) is 12.3 Å². The Morgan fingerprint density at radius 3 is 2.43 bits per heavy atom. The summed E-state index contributed by atoms with van der Waals surface area (Å²) in [4.78, 5) is 17.9. The summed E-state index contributed by atoms with van der Waals surface area (Å²) in [6.45, 7) is 0. The summed E-state index contributed by atoms with van der Waals surface area (Å²) in [6.07, 6.45) is 1.39. The van der Waals surface area contributed by atoms with E-state index in [0.29, 0.717) is 5.69 Å². The Hall–Kier alpha value is -2.63. The predicted octanol–water partition coefficient (Wildman–Crippen LogP) is 2.58. The minimum Gasteiger partial charge on any atom is -0.378 e. The van der Waals surface area contributed by atoms with Crippen LogP contribution >= 0.6 is 0 Å². The molecule has 1 heterocycles. The first kappa shape index (κ1) is 14.8. The molecule has 0 unspecified atom stereocenters. The van der Waals surface area contributed by atoms with Crippen LogP contribution < -0.4 is 15.5 Å². The van der Waals surface area contributed by atoms with Crippen LogP contribution in [0, 0.1) is 5.82 Å². The molecular weight excluding hydrogens is 271 g/mol.